The molecule has 1 aliphatic carbocycles. The minimum Gasteiger partial charge on any atom is -0.389 e. The zero-order valence-corrected chi connectivity index (χ0v) is 8.89. The summed E-state index contributed by atoms with van der Waals surface area (Å²) < 4.78 is 0. The average Bonchev–Trinajstić information content (AvgIpc) is 2.24. The molecule has 15 heavy (non-hydrogen) atoms. The van der Waals surface area contributed by atoms with Gasteiger partial charge in [0.05, 0.1) is 5.60 Å². The van der Waals surface area contributed by atoms with E-state index in [1.165, 1.54) is 0 Å². The van der Waals surface area contributed by atoms with E-state index in [0.717, 1.165) is 31.4 Å². The number of nitrogens with zero attached hydrogens (tertiary/aromatic N) is 1. The fourth-order valence-electron chi connectivity index (χ4n) is 2.19. The predicted octanol–water partition coefficient (Wildman–Crippen LogP) is 1.26. The Kier molecular flexibility index (Phi) is 3.03. The molecule has 1 aliphatic rings. The molecule has 0 aliphatic heterocycles. The number of hydrogen-bond acceptors (Lipinski definition) is 3. The van der Waals surface area contributed by atoms with Crippen molar-refractivity contribution in [1.29, 1.82) is 0 Å². The van der Waals surface area contributed by atoms with Crippen LogP contribution in [0.1, 0.15) is 31.4 Å². The van der Waals surface area contributed by atoms with E-state index in [4.69, 9.17) is 5.73 Å². The van der Waals surface area contributed by atoms with E-state index < -0.39 is 5.60 Å². The third-order valence-electron chi connectivity index (χ3n) is 3.20. The van der Waals surface area contributed by atoms with Crippen LogP contribution < -0.4 is 5.73 Å². The van der Waals surface area contributed by atoms with Crippen molar-refractivity contribution in [3.63, 3.8) is 0 Å². The van der Waals surface area contributed by atoms with Gasteiger partial charge in [-0.25, -0.2) is 0 Å². The maximum atomic E-state index is 10.3. The molecule has 1 saturated carbocycles. The van der Waals surface area contributed by atoms with Crippen LogP contribution in [0.3, 0.4) is 0 Å². The van der Waals surface area contributed by atoms with Gasteiger partial charge in [-0.1, -0.05) is 6.07 Å². The third-order valence-corrected chi connectivity index (χ3v) is 3.20. The summed E-state index contributed by atoms with van der Waals surface area (Å²) in [6.45, 7) is 0. The number of nitrogens with two attached hydrogens (primary N) is 1. The summed E-state index contributed by atoms with van der Waals surface area (Å²) in [4.78, 5) is 4.25. The second-order valence-electron chi connectivity index (χ2n) is 4.56. The van der Waals surface area contributed by atoms with Crippen LogP contribution in [-0.4, -0.2) is 21.7 Å². The van der Waals surface area contributed by atoms with Crippen molar-refractivity contribution < 1.29 is 5.11 Å². The van der Waals surface area contributed by atoms with Crippen LogP contribution in [0.4, 0.5) is 0 Å². The van der Waals surface area contributed by atoms with Crippen LogP contribution in [0.15, 0.2) is 24.4 Å². The summed E-state index contributed by atoms with van der Waals surface area (Å²) in [6, 6.07) is 6.09. The Hall–Kier alpha value is -0.930. The first-order valence-electron chi connectivity index (χ1n) is 5.56. The summed E-state index contributed by atoms with van der Waals surface area (Å²) in [5.74, 6) is 0. The largest absolute Gasteiger partial charge is 0.389 e. The second kappa shape index (κ2) is 4.29. The highest BCUT2D eigenvalue weighted by Gasteiger charge is 2.32. The monoisotopic (exact) mass is 206 g/mol. The molecule has 1 fully saturated rings. The van der Waals surface area contributed by atoms with Crippen LogP contribution in [0.2, 0.25) is 0 Å². The molecule has 1 aromatic rings. The Balaban J connectivity index is 1.99. The lowest BCUT2D eigenvalue weighted by Crippen LogP contribution is -2.40. The summed E-state index contributed by atoms with van der Waals surface area (Å²) in [5.41, 5.74) is 6.21. The minimum atomic E-state index is -0.579. The number of pyridine rings is 1. The Bertz CT molecular complexity index is 305. The molecule has 0 saturated heterocycles. The molecule has 0 radical (unpaired) electrons. The number of aliphatic hydroxyl groups is 1. The normalized spacial score (nSPS) is 31.5. The molecule has 0 aromatic carbocycles. The van der Waals surface area contributed by atoms with Crippen molar-refractivity contribution in [2.45, 2.75) is 43.7 Å². The molecular formula is C12H18N2O. The fourth-order valence-corrected chi connectivity index (χ4v) is 2.19. The fraction of sp³-hybridized carbons (Fsp3) is 0.583. The summed E-state index contributed by atoms with van der Waals surface area (Å²) in [7, 11) is 0. The van der Waals surface area contributed by atoms with E-state index in [1.807, 2.05) is 18.2 Å². The third kappa shape index (κ3) is 2.76. The van der Waals surface area contributed by atoms with E-state index >= 15 is 0 Å². The molecule has 3 nitrogen and oxygen atoms in total. The maximum absolute atomic E-state index is 10.3. The van der Waals surface area contributed by atoms with E-state index in [9.17, 15) is 5.11 Å². The highest BCUT2D eigenvalue weighted by molar-refractivity contribution is 5.07. The lowest BCUT2D eigenvalue weighted by Gasteiger charge is -2.34. The highest BCUT2D eigenvalue weighted by Crippen LogP contribution is 2.30. The summed E-state index contributed by atoms with van der Waals surface area (Å²) >= 11 is 0. The Morgan fingerprint density at radius 1 is 1.40 bits per heavy atom. The molecule has 0 atom stereocenters. The van der Waals surface area contributed by atoms with E-state index in [-0.39, 0.29) is 6.04 Å². The van der Waals surface area contributed by atoms with Crippen LogP contribution in [0.25, 0.3) is 0 Å². The predicted molar refractivity (Wildman–Crippen MR) is 59.3 cm³/mol. The number of rotatable bonds is 2. The van der Waals surface area contributed by atoms with Gasteiger partial charge in [0.2, 0.25) is 0 Å². The molecule has 1 aromatic heterocycles. The quantitative estimate of drug-likeness (QED) is 0.765. The van der Waals surface area contributed by atoms with Gasteiger partial charge in [0, 0.05) is 24.4 Å². The van der Waals surface area contributed by atoms with Crippen LogP contribution >= 0.6 is 0 Å². The standard InChI is InChI=1S/C12H18N2O/c13-10-4-6-12(15,7-5-10)9-11-3-1-2-8-14-11/h1-3,8,10,15H,4-7,9,13H2. The van der Waals surface area contributed by atoms with Gasteiger partial charge in [0.15, 0.2) is 0 Å². The van der Waals surface area contributed by atoms with Crippen LogP contribution in [0.5, 0.6) is 0 Å². The van der Waals surface area contributed by atoms with Gasteiger partial charge in [-0.15, -0.1) is 0 Å². The molecule has 3 N–H and O–H groups in total. The van der Waals surface area contributed by atoms with Gasteiger partial charge in [-0.2, -0.15) is 0 Å². The highest BCUT2D eigenvalue weighted by atomic mass is 16.3. The molecule has 3 heteroatoms. The Morgan fingerprint density at radius 2 is 2.13 bits per heavy atom. The second-order valence-corrected chi connectivity index (χ2v) is 4.56. The molecule has 0 bridgehead atoms. The van der Waals surface area contributed by atoms with Crippen LogP contribution in [-0.2, 0) is 6.42 Å². The van der Waals surface area contributed by atoms with Crippen molar-refractivity contribution in [3.8, 4) is 0 Å². The molecule has 1 heterocycles. The zero-order chi connectivity index (χ0) is 10.7. The lowest BCUT2D eigenvalue weighted by atomic mass is 9.79. The van der Waals surface area contributed by atoms with E-state index in [1.54, 1.807) is 6.20 Å². The first kappa shape index (κ1) is 10.6. The first-order valence-corrected chi connectivity index (χ1v) is 5.56. The number of hydrogen-bond donors (Lipinski definition) is 2. The van der Waals surface area contributed by atoms with Gasteiger partial charge < -0.3 is 10.8 Å². The maximum Gasteiger partial charge on any atom is 0.0704 e. The van der Waals surface area contributed by atoms with Gasteiger partial charge in [0.25, 0.3) is 0 Å². The molecule has 2 rings (SSSR count). The van der Waals surface area contributed by atoms with Gasteiger partial charge in [-0.3, -0.25) is 4.98 Å². The molecule has 0 unspecified atom stereocenters. The smallest absolute Gasteiger partial charge is 0.0704 e. The van der Waals surface area contributed by atoms with Crippen LogP contribution in [0, 0.1) is 0 Å². The summed E-state index contributed by atoms with van der Waals surface area (Å²) in [5, 5.41) is 10.3. The van der Waals surface area contributed by atoms with E-state index in [0.29, 0.717) is 6.42 Å². The molecular weight excluding hydrogens is 188 g/mol. The summed E-state index contributed by atoms with van der Waals surface area (Å²) in [6.07, 6.45) is 5.86. The van der Waals surface area contributed by atoms with Crippen molar-refractivity contribution >= 4 is 0 Å². The van der Waals surface area contributed by atoms with Crippen molar-refractivity contribution in [2.24, 2.45) is 5.73 Å². The Labute approximate surface area is 90.3 Å². The topological polar surface area (TPSA) is 59.1 Å². The van der Waals surface area contributed by atoms with E-state index in [2.05, 4.69) is 4.98 Å². The Morgan fingerprint density at radius 3 is 2.73 bits per heavy atom. The van der Waals surface area contributed by atoms with Gasteiger partial charge in [0.1, 0.15) is 0 Å². The van der Waals surface area contributed by atoms with Gasteiger partial charge in [-0.05, 0) is 37.8 Å². The molecule has 0 spiro atoms. The van der Waals surface area contributed by atoms with Crippen molar-refractivity contribution in [3.05, 3.63) is 30.1 Å². The van der Waals surface area contributed by atoms with Gasteiger partial charge >= 0.3 is 0 Å². The SMILES string of the molecule is NC1CCC(O)(Cc2ccccn2)CC1. The lowest BCUT2D eigenvalue weighted by molar-refractivity contribution is -0.000582. The minimum absolute atomic E-state index is 0.272. The average molecular weight is 206 g/mol. The van der Waals surface area contributed by atoms with Crippen molar-refractivity contribution in [2.75, 3.05) is 0 Å². The van der Waals surface area contributed by atoms with Crippen molar-refractivity contribution in [1.82, 2.24) is 4.98 Å². The molecule has 82 valence electrons. The molecule has 0 amide bonds. The number of aromatic nitrogens is 1. The first-order chi connectivity index (χ1) is 7.18. The zero-order valence-electron chi connectivity index (χ0n) is 8.89.